The zero-order valence-electron chi connectivity index (χ0n) is 21.0. The quantitative estimate of drug-likeness (QED) is 0.177. The molecule has 33 heavy (non-hydrogen) atoms. The van der Waals surface area contributed by atoms with Gasteiger partial charge in [0.25, 0.3) is 5.56 Å². The molecule has 0 aliphatic carbocycles. The Morgan fingerprint density at radius 2 is 1.79 bits per heavy atom. The molecule has 2 aromatic rings. The topological polar surface area (TPSA) is 69.1 Å². The number of allylic oxidation sites excluding steroid dienone is 2. The van der Waals surface area contributed by atoms with Crippen LogP contribution in [0.3, 0.4) is 0 Å². The number of hydrogen-bond donors (Lipinski definition) is 0. The van der Waals surface area contributed by atoms with E-state index in [4.69, 9.17) is 19.2 Å². The number of fused-ring (bicyclic) bond motifs is 1. The predicted molar refractivity (Wildman–Crippen MR) is 136 cm³/mol. The van der Waals surface area contributed by atoms with Crippen LogP contribution in [0.5, 0.6) is 17.2 Å². The second kappa shape index (κ2) is 13.5. The predicted octanol–water partition coefficient (Wildman–Crippen LogP) is 3.36. The molecule has 0 unspecified atom stereocenters. The molecule has 0 radical (unpaired) electrons. The van der Waals surface area contributed by atoms with Gasteiger partial charge >= 0.3 is 0 Å². The summed E-state index contributed by atoms with van der Waals surface area (Å²) in [5.41, 5.74) is 0.400. The lowest BCUT2D eigenvalue weighted by molar-refractivity contribution is 0.274. The van der Waals surface area contributed by atoms with Crippen LogP contribution in [0.2, 0.25) is 0 Å². The monoisotopic (exact) mass is 478 g/mol. The Bertz CT molecular complexity index is 991. The van der Waals surface area contributed by atoms with Crippen LogP contribution >= 0.6 is 11.8 Å². The fraction of sp³-hybridized carbons (Fsp3) is 0.583. The van der Waals surface area contributed by atoms with Crippen molar-refractivity contribution in [3.63, 3.8) is 0 Å². The van der Waals surface area contributed by atoms with E-state index in [1.807, 2.05) is 13.0 Å². The molecule has 0 aliphatic heterocycles. The zero-order valence-corrected chi connectivity index (χ0v) is 21.8. The highest BCUT2D eigenvalue weighted by Crippen LogP contribution is 2.42. The van der Waals surface area contributed by atoms with Gasteiger partial charge in [-0.2, -0.15) is 0 Å². The molecule has 0 N–H and O–H groups in total. The molecule has 0 aliphatic rings. The molecule has 0 saturated heterocycles. The van der Waals surface area contributed by atoms with Crippen LogP contribution in [0.4, 0.5) is 0 Å². The van der Waals surface area contributed by atoms with E-state index in [0.29, 0.717) is 39.9 Å². The molecule has 0 amide bonds. The lowest BCUT2D eigenvalue weighted by atomic mass is 10.2. The Hall–Kier alpha value is -2.23. The van der Waals surface area contributed by atoms with Gasteiger partial charge in [0.2, 0.25) is 5.75 Å². The second-order valence-corrected chi connectivity index (χ2v) is 9.12. The number of ether oxygens (including phenoxy) is 3. The molecule has 0 fully saturated rings. The lowest BCUT2D eigenvalue weighted by Gasteiger charge is -2.20. The van der Waals surface area contributed by atoms with Crippen molar-refractivity contribution in [1.82, 2.24) is 19.4 Å². The van der Waals surface area contributed by atoms with E-state index < -0.39 is 0 Å². The minimum absolute atomic E-state index is 0.0938. The second-order valence-electron chi connectivity index (χ2n) is 8.06. The van der Waals surface area contributed by atoms with Gasteiger partial charge in [-0.25, -0.2) is 4.98 Å². The third-order valence-electron chi connectivity index (χ3n) is 5.32. The first-order valence-corrected chi connectivity index (χ1v) is 12.2. The normalized spacial score (nSPS) is 11.8. The summed E-state index contributed by atoms with van der Waals surface area (Å²) in [6.07, 6.45) is 5.91. The first kappa shape index (κ1) is 27.0. The average molecular weight is 479 g/mol. The summed E-state index contributed by atoms with van der Waals surface area (Å²) in [7, 11) is 10.9. The standard InChI is InChI=1S/C24H38N4O4S/c1-8-9-10-16-33-24-25-20-18(17-19(30-5)21(31-6)22(20)32-7)23(29)28(24)13-11-12-27(4)15-14-26(2)3/h8-9,17H,10-16H2,1-7H3/b9-8+. The number of rotatable bonds is 14. The van der Waals surface area contributed by atoms with E-state index in [-0.39, 0.29) is 5.56 Å². The van der Waals surface area contributed by atoms with E-state index in [9.17, 15) is 4.79 Å². The molecule has 0 atom stereocenters. The summed E-state index contributed by atoms with van der Waals surface area (Å²) in [5, 5.41) is 1.15. The fourth-order valence-electron chi connectivity index (χ4n) is 3.48. The van der Waals surface area contributed by atoms with Crippen LogP contribution in [-0.2, 0) is 6.54 Å². The first-order valence-electron chi connectivity index (χ1n) is 11.2. The highest BCUT2D eigenvalue weighted by Gasteiger charge is 2.22. The maximum absolute atomic E-state index is 13.6. The number of likely N-dealkylation sites (N-methyl/N-ethyl adjacent to an activating group) is 2. The minimum Gasteiger partial charge on any atom is -0.493 e. The van der Waals surface area contributed by atoms with Gasteiger partial charge in [0, 0.05) is 25.4 Å². The molecular weight excluding hydrogens is 440 g/mol. The lowest BCUT2D eigenvalue weighted by Crippen LogP contribution is -2.31. The smallest absolute Gasteiger partial charge is 0.262 e. The first-order chi connectivity index (χ1) is 15.9. The summed E-state index contributed by atoms with van der Waals surface area (Å²) in [4.78, 5) is 22.9. The van der Waals surface area contributed by atoms with Crippen LogP contribution in [0.15, 0.2) is 28.2 Å². The third-order valence-corrected chi connectivity index (χ3v) is 6.33. The average Bonchev–Trinajstić information content (AvgIpc) is 2.80. The highest BCUT2D eigenvalue weighted by molar-refractivity contribution is 7.99. The molecular formula is C24H38N4O4S. The summed E-state index contributed by atoms with van der Waals surface area (Å²) >= 11 is 1.58. The van der Waals surface area contributed by atoms with Gasteiger partial charge in [-0.1, -0.05) is 23.9 Å². The SMILES string of the molecule is C/C=C/CCSc1nc2c(OC)c(OC)c(OC)cc2c(=O)n1CCCN(C)CCN(C)C. The van der Waals surface area contributed by atoms with Crippen LogP contribution in [-0.4, -0.2) is 87.2 Å². The number of hydrogen-bond acceptors (Lipinski definition) is 8. The van der Waals surface area contributed by atoms with Gasteiger partial charge in [0.05, 0.1) is 26.7 Å². The molecule has 9 heteroatoms. The number of aromatic nitrogens is 2. The number of nitrogens with zero attached hydrogens (tertiary/aromatic N) is 4. The Morgan fingerprint density at radius 3 is 2.39 bits per heavy atom. The van der Waals surface area contributed by atoms with E-state index in [1.54, 1.807) is 43.7 Å². The van der Waals surface area contributed by atoms with Crippen molar-refractivity contribution in [3.8, 4) is 17.2 Å². The molecule has 1 aromatic carbocycles. The van der Waals surface area contributed by atoms with E-state index in [1.165, 1.54) is 0 Å². The van der Waals surface area contributed by atoms with Gasteiger partial charge in [-0.3, -0.25) is 9.36 Å². The van der Waals surface area contributed by atoms with Crippen LogP contribution in [0.25, 0.3) is 10.9 Å². The van der Waals surface area contributed by atoms with Gasteiger partial charge in [0.1, 0.15) is 5.52 Å². The van der Waals surface area contributed by atoms with E-state index in [0.717, 1.165) is 38.2 Å². The molecule has 8 nitrogen and oxygen atoms in total. The van der Waals surface area contributed by atoms with Crippen LogP contribution in [0, 0.1) is 0 Å². The maximum Gasteiger partial charge on any atom is 0.262 e. The van der Waals surface area contributed by atoms with Crippen molar-refractivity contribution >= 4 is 22.7 Å². The Balaban J connectivity index is 2.44. The molecule has 2 rings (SSSR count). The largest absolute Gasteiger partial charge is 0.493 e. The van der Waals surface area contributed by atoms with Gasteiger partial charge in [-0.15, -0.1) is 0 Å². The molecule has 0 bridgehead atoms. The number of benzene rings is 1. The summed E-state index contributed by atoms with van der Waals surface area (Å²) in [5.74, 6) is 2.13. The van der Waals surface area contributed by atoms with Crippen molar-refractivity contribution < 1.29 is 14.2 Å². The van der Waals surface area contributed by atoms with E-state index in [2.05, 4.69) is 37.0 Å². The Labute approximate surface area is 201 Å². The fourth-order valence-corrected chi connectivity index (χ4v) is 4.40. The van der Waals surface area contributed by atoms with Gasteiger partial charge in [0.15, 0.2) is 16.7 Å². The van der Waals surface area contributed by atoms with Crippen molar-refractivity contribution in [2.24, 2.45) is 0 Å². The molecule has 0 spiro atoms. The summed E-state index contributed by atoms with van der Waals surface area (Å²) in [6.45, 7) is 5.48. The molecule has 1 aromatic heterocycles. The van der Waals surface area contributed by atoms with Crippen LogP contribution in [0.1, 0.15) is 19.8 Å². The molecule has 0 saturated carbocycles. The molecule has 184 valence electrons. The highest BCUT2D eigenvalue weighted by atomic mass is 32.2. The number of thioether (sulfide) groups is 1. The van der Waals surface area contributed by atoms with Gasteiger partial charge in [-0.05, 0) is 53.5 Å². The minimum atomic E-state index is -0.0938. The zero-order chi connectivity index (χ0) is 24.4. The van der Waals surface area contributed by atoms with Crippen molar-refractivity contribution in [2.45, 2.75) is 31.5 Å². The summed E-state index contributed by atoms with van der Waals surface area (Å²) < 4.78 is 18.3. The Morgan fingerprint density at radius 1 is 1.06 bits per heavy atom. The van der Waals surface area contributed by atoms with Crippen molar-refractivity contribution in [3.05, 3.63) is 28.6 Å². The Kier molecular flexibility index (Phi) is 11.0. The molecule has 1 heterocycles. The summed E-state index contributed by atoms with van der Waals surface area (Å²) in [6, 6.07) is 1.69. The van der Waals surface area contributed by atoms with E-state index >= 15 is 0 Å². The number of methoxy groups -OCH3 is 3. The third kappa shape index (κ3) is 7.12. The maximum atomic E-state index is 13.6. The van der Waals surface area contributed by atoms with Crippen molar-refractivity contribution in [1.29, 1.82) is 0 Å². The van der Waals surface area contributed by atoms with Crippen molar-refractivity contribution in [2.75, 3.05) is 67.9 Å². The van der Waals surface area contributed by atoms with Crippen LogP contribution < -0.4 is 19.8 Å². The van der Waals surface area contributed by atoms with Gasteiger partial charge < -0.3 is 24.0 Å².